The van der Waals surface area contributed by atoms with E-state index in [1.54, 1.807) is 6.07 Å². The van der Waals surface area contributed by atoms with Gasteiger partial charge >= 0.3 is 0 Å². The van der Waals surface area contributed by atoms with Crippen molar-refractivity contribution in [3.8, 4) is 11.5 Å². The normalized spacial score (nSPS) is 15.3. The fourth-order valence-corrected chi connectivity index (χ4v) is 4.60. The molecule has 1 aliphatic heterocycles. The third kappa shape index (κ3) is 4.38. The van der Waals surface area contributed by atoms with Crippen LogP contribution >= 0.6 is 0 Å². The van der Waals surface area contributed by atoms with Crippen LogP contribution < -0.4 is 19.3 Å². The molecule has 0 N–H and O–H groups in total. The second kappa shape index (κ2) is 8.42. The molecule has 10 heteroatoms. The molecule has 9 nitrogen and oxygen atoms in total. The van der Waals surface area contributed by atoms with Gasteiger partial charge in [-0.1, -0.05) is 0 Å². The SMILES string of the molecule is COc1ccc(S(=O)(=O)N2CCN(c3nc(C)cc(N(C)C)n3)CC2)cc1OC. The van der Waals surface area contributed by atoms with Crippen LogP contribution in [0.4, 0.5) is 11.8 Å². The molecule has 1 aliphatic rings. The summed E-state index contributed by atoms with van der Waals surface area (Å²) in [5.74, 6) is 2.32. The standard InChI is InChI=1S/C19H27N5O4S/c1-14-12-18(22(2)3)21-19(20-14)23-8-10-24(11-9-23)29(25,26)15-6-7-16(27-4)17(13-15)28-5/h6-7,12-13H,8-11H2,1-5H3. The molecule has 0 spiro atoms. The average Bonchev–Trinajstić information content (AvgIpc) is 2.72. The van der Waals surface area contributed by atoms with E-state index < -0.39 is 10.0 Å². The molecule has 1 aromatic carbocycles. The predicted molar refractivity (Wildman–Crippen MR) is 112 cm³/mol. The van der Waals surface area contributed by atoms with Crippen molar-refractivity contribution < 1.29 is 17.9 Å². The van der Waals surface area contributed by atoms with Gasteiger partial charge in [0.1, 0.15) is 5.82 Å². The van der Waals surface area contributed by atoms with Crippen molar-refractivity contribution in [2.75, 3.05) is 64.3 Å². The van der Waals surface area contributed by atoms with Crippen molar-refractivity contribution in [2.45, 2.75) is 11.8 Å². The van der Waals surface area contributed by atoms with Gasteiger partial charge in [0, 0.05) is 58.1 Å². The summed E-state index contributed by atoms with van der Waals surface area (Å²) in [5, 5.41) is 0. The van der Waals surface area contributed by atoms with Gasteiger partial charge < -0.3 is 19.3 Å². The molecule has 0 bridgehead atoms. The van der Waals surface area contributed by atoms with Crippen molar-refractivity contribution in [2.24, 2.45) is 0 Å². The van der Waals surface area contributed by atoms with E-state index in [1.807, 2.05) is 36.9 Å². The minimum atomic E-state index is -3.63. The van der Waals surface area contributed by atoms with Gasteiger partial charge in [-0.05, 0) is 19.1 Å². The second-order valence-corrected chi connectivity index (χ2v) is 8.91. The Morgan fingerprint density at radius 1 is 0.966 bits per heavy atom. The fourth-order valence-electron chi connectivity index (χ4n) is 3.16. The van der Waals surface area contributed by atoms with Crippen molar-refractivity contribution in [3.05, 3.63) is 30.0 Å². The summed E-state index contributed by atoms with van der Waals surface area (Å²) in [4.78, 5) is 13.2. The second-order valence-electron chi connectivity index (χ2n) is 6.97. The minimum absolute atomic E-state index is 0.185. The summed E-state index contributed by atoms with van der Waals surface area (Å²) in [6, 6.07) is 6.55. The molecule has 0 atom stereocenters. The van der Waals surface area contributed by atoms with Crippen LogP contribution in [0.2, 0.25) is 0 Å². The van der Waals surface area contributed by atoms with Gasteiger partial charge in [-0.2, -0.15) is 9.29 Å². The predicted octanol–water partition coefficient (Wildman–Crippen LogP) is 1.38. The van der Waals surface area contributed by atoms with Gasteiger partial charge in [0.15, 0.2) is 11.5 Å². The maximum Gasteiger partial charge on any atom is 0.243 e. The first-order valence-electron chi connectivity index (χ1n) is 9.26. The lowest BCUT2D eigenvalue weighted by atomic mass is 10.3. The van der Waals surface area contributed by atoms with Crippen molar-refractivity contribution in [3.63, 3.8) is 0 Å². The van der Waals surface area contributed by atoms with Crippen LogP contribution in [0, 0.1) is 6.92 Å². The highest BCUT2D eigenvalue weighted by Crippen LogP contribution is 2.31. The third-order valence-electron chi connectivity index (χ3n) is 4.80. The zero-order valence-electron chi connectivity index (χ0n) is 17.4. The zero-order chi connectivity index (χ0) is 21.2. The first-order chi connectivity index (χ1) is 13.8. The Balaban J connectivity index is 1.77. The van der Waals surface area contributed by atoms with Crippen LogP contribution in [0.25, 0.3) is 0 Å². The number of hydrogen-bond acceptors (Lipinski definition) is 8. The largest absolute Gasteiger partial charge is 0.493 e. The molecule has 1 aromatic heterocycles. The Hall–Kier alpha value is -2.59. The van der Waals surface area contributed by atoms with E-state index in [0.29, 0.717) is 43.6 Å². The van der Waals surface area contributed by atoms with Crippen LogP contribution in [0.1, 0.15) is 5.69 Å². The number of methoxy groups -OCH3 is 2. The highest BCUT2D eigenvalue weighted by molar-refractivity contribution is 7.89. The highest BCUT2D eigenvalue weighted by Gasteiger charge is 2.30. The van der Waals surface area contributed by atoms with E-state index in [2.05, 4.69) is 9.97 Å². The molecular formula is C19H27N5O4S. The molecule has 1 saturated heterocycles. The summed E-state index contributed by atoms with van der Waals surface area (Å²) in [7, 11) is 3.22. The lowest BCUT2D eigenvalue weighted by Crippen LogP contribution is -2.49. The lowest BCUT2D eigenvalue weighted by Gasteiger charge is -2.34. The highest BCUT2D eigenvalue weighted by atomic mass is 32.2. The van der Waals surface area contributed by atoms with Crippen LogP contribution in [0.3, 0.4) is 0 Å². The first-order valence-corrected chi connectivity index (χ1v) is 10.7. The molecule has 0 saturated carbocycles. The van der Waals surface area contributed by atoms with Crippen LogP contribution in [0.5, 0.6) is 11.5 Å². The number of aromatic nitrogens is 2. The average molecular weight is 422 g/mol. The van der Waals surface area contributed by atoms with E-state index in [9.17, 15) is 8.42 Å². The number of anilines is 2. The third-order valence-corrected chi connectivity index (χ3v) is 6.70. The summed E-state index contributed by atoms with van der Waals surface area (Å²) in [6.45, 7) is 3.66. The molecule has 29 heavy (non-hydrogen) atoms. The Labute approximate surface area is 171 Å². The maximum atomic E-state index is 13.1. The first kappa shape index (κ1) is 21.1. The number of hydrogen-bond donors (Lipinski definition) is 0. The number of nitrogens with zero attached hydrogens (tertiary/aromatic N) is 5. The van der Waals surface area contributed by atoms with Crippen molar-refractivity contribution in [1.82, 2.24) is 14.3 Å². The number of aryl methyl sites for hydroxylation is 1. The number of sulfonamides is 1. The smallest absolute Gasteiger partial charge is 0.243 e. The Bertz CT molecular complexity index is 973. The van der Waals surface area contributed by atoms with Crippen LogP contribution in [-0.4, -0.2) is 77.2 Å². The van der Waals surface area contributed by atoms with E-state index >= 15 is 0 Å². The minimum Gasteiger partial charge on any atom is -0.493 e. The van der Waals surface area contributed by atoms with Crippen molar-refractivity contribution >= 4 is 21.8 Å². The van der Waals surface area contributed by atoms with Crippen LogP contribution in [-0.2, 0) is 10.0 Å². The molecule has 0 aliphatic carbocycles. The van der Waals surface area contributed by atoms with Gasteiger partial charge in [-0.25, -0.2) is 13.4 Å². The van der Waals surface area contributed by atoms with E-state index in [0.717, 1.165) is 11.5 Å². The molecule has 0 unspecified atom stereocenters. The Kier molecular flexibility index (Phi) is 6.13. The number of ether oxygens (including phenoxy) is 2. The number of piperazine rings is 1. The van der Waals surface area contributed by atoms with E-state index in [-0.39, 0.29) is 4.90 Å². The Morgan fingerprint density at radius 2 is 1.62 bits per heavy atom. The molecule has 2 aromatic rings. The van der Waals surface area contributed by atoms with Crippen LogP contribution in [0.15, 0.2) is 29.2 Å². The monoisotopic (exact) mass is 421 g/mol. The van der Waals surface area contributed by atoms with Crippen molar-refractivity contribution in [1.29, 1.82) is 0 Å². The summed E-state index contributed by atoms with van der Waals surface area (Å²) in [6.07, 6.45) is 0. The Morgan fingerprint density at radius 3 is 2.21 bits per heavy atom. The van der Waals surface area contributed by atoms with Gasteiger partial charge in [-0.3, -0.25) is 0 Å². The van der Waals surface area contributed by atoms with E-state index in [4.69, 9.17) is 9.47 Å². The molecule has 1 fully saturated rings. The van der Waals surface area contributed by atoms with Gasteiger partial charge in [0.25, 0.3) is 0 Å². The van der Waals surface area contributed by atoms with Gasteiger partial charge in [-0.15, -0.1) is 0 Å². The molecule has 3 rings (SSSR count). The fraction of sp³-hybridized carbons (Fsp3) is 0.474. The van der Waals surface area contributed by atoms with E-state index in [1.165, 1.54) is 30.7 Å². The molecule has 0 radical (unpaired) electrons. The quantitative estimate of drug-likeness (QED) is 0.691. The topological polar surface area (TPSA) is 88.1 Å². The molecule has 0 amide bonds. The molecule has 2 heterocycles. The lowest BCUT2D eigenvalue weighted by molar-refractivity contribution is 0.353. The summed E-state index contributed by atoms with van der Waals surface area (Å²) >= 11 is 0. The number of rotatable bonds is 6. The zero-order valence-corrected chi connectivity index (χ0v) is 18.2. The van der Waals surface area contributed by atoms with Gasteiger partial charge in [0.2, 0.25) is 16.0 Å². The summed E-state index contributed by atoms with van der Waals surface area (Å²) < 4.78 is 38.0. The van der Waals surface area contributed by atoms with Gasteiger partial charge in [0.05, 0.1) is 19.1 Å². The molecular weight excluding hydrogens is 394 g/mol. The molecule has 158 valence electrons. The summed E-state index contributed by atoms with van der Waals surface area (Å²) in [5.41, 5.74) is 0.874. The number of benzene rings is 1. The maximum absolute atomic E-state index is 13.1.